The summed E-state index contributed by atoms with van der Waals surface area (Å²) in [5.41, 5.74) is 2.50. The Bertz CT molecular complexity index is 1360. The van der Waals surface area contributed by atoms with Gasteiger partial charge in [0.25, 0.3) is 0 Å². The van der Waals surface area contributed by atoms with Crippen LogP contribution in [0.4, 0.5) is 13.8 Å². The Morgan fingerprint density at radius 1 is 1.23 bits per heavy atom. The van der Waals surface area contributed by atoms with Crippen molar-refractivity contribution in [3.8, 4) is 6.07 Å². The van der Waals surface area contributed by atoms with Gasteiger partial charge < -0.3 is 10.4 Å². The van der Waals surface area contributed by atoms with E-state index in [1.807, 2.05) is 6.92 Å². The summed E-state index contributed by atoms with van der Waals surface area (Å²) in [6.07, 6.45) is -0.156. The van der Waals surface area contributed by atoms with Crippen molar-refractivity contribution in [1.82, 2.24) is 4.90 Å². The number of aliphatic hydroxyl groups excluding tert-OH is 1. The summed E-state index contributed by atoms with van der Waals surface area (Å²) in [5.74, 6) is -1.25. The molecule has 0 saturated heterocycles. The summed E-state index contributed by atoms with van der Waals surface area (Å²) in [6.45, 7) is 2.81. The number of nitrogens with one attached hydrogen (secondary N) is 1. The van der Waals surface area contributed by atoms with Crippen molar-refractivity contribution in [3.05, 3.63) is 81.2 Å². The van der Waals surface area contributed by atoms with Gasteiger partial charge in [-0.2, -0.15) is 5.26 Å². The number of nitrogens with two attached hydrogens (primary N) is 1. The van der Waals surface area contributed by atoms with E-state index in [1.54, 1.807) is 12.1 Å². The summed E-state index contributed by atoms with van der Waals surface area (Å²) in [4.78, 5) is 3.08. The van der Waals surface area contributed by atoms with Gasteiger partial charge in [-0.1, -0.05) is 12.1 Å². The van der Waals surface area contributed by atoms with Crippen molar-refractivity contribution in [2.75, 3.05) is 5.32 Å². The van der Waals surface area contributed by atoms with E-state index in [9.17, 15) is 27.6 Å². The first-order valence-corrected chi connectivity index (χ1v) is 13.2. The molecule has 0 aliphatic carbocycles. The van der Waals surface area contributed by atoms with Gasteiger partial charge in [0.05, 0.1) is 10.5 Å². The van der Waals surface area contributed by atoms with E-state index >= 15 is 0 Å². The van der Waals surface area contributed by atoms with Crippen LogP contribution in [0.3, 0.4) is 0 Å². The summed E-state index contributed by atoms with van der Waals surface area (Å²) in [6, 6.07) is 11.7. The number of halogens is 2. The van der Waals surface area contributed by atoms with Crippen molar-refractivity contribution < 1.29 is 22.3 Å². The molecule has 1 aliphatic rings. The van der Waals surface area contributed by atoms with Gasteiger partial charge in [-0.3, -0.25) is 4.90 Å². The highest BCUT2D eigenvalue weighted by Gasteiger charge is 2.29. The standard InChI is InChI=1S/C24H24F2N4O3S2/c1-14-6-22-21(13-30(14)12-16-7-17(25)10-18(26)8-16)20(11-27)24(34-22)29-23(31)9-15-2-4-19(5-3-15)35(28,32)33/h2-5,7-8,10,14,23,29,31H,6,9,12-13H2,1H3,(H2,28,32,33). The van der Waals surface area contributed by atoms with E-state index in [-0.39, 0.29) is 17.4 Å². The molecule has 1 aromatic heterocycles. The second-order valence-corrected chi connectivity index (χ2v) is 11.3. The number of benzene rings is 2. The van der Waals surface area contributed by atoms with Crippen LogP contribution in [-0.4, -0.2) is 30.7 Å². The van der Waals surface area contributed by atoms with Gasteiger partial charge in [0, 0.05) is 42.1 Å². The van der Waals surface area contributed by atoms with Gasteiger partial charge in [0.1, 0.15) is 28.9 Å². The Balaban J connectivity index is 1.49. The van der Waals surface area contributed by atoms with Gasteiger partial charge in [0.15, 0.2) is 0 Å². The van der Waals surface area contributed by atoms with E-state index in [2.05, 4.69) is 16.3 Å². The lowest BCUT2D eigenvalue weighted by Gasteiger charge is -2.33. The molecule has 0 radical (unpaired) electrons. The van der Waals surface area contributed by atoms with Crippen molar-refractivity contribution in [2.45, 2.75) is 50.0 Å². The number of anilines is 1. The van der Waals surface area contributed by atoms with Crippen LogP contribution in [0.2, 0.25) is 0 Å². The predicted octanol–water partition coefficient (Wildman–Crippen LogP) is 3.47. The molecule has 1 aliphatic heterocycles. The molecule has 2 aromatic carbocycles. The lowest BCUT2D eigenvalue weighted by Crippen LogP contribution is -2.37. The van der Waals surface area contributed by atoms with Gasteiger partial charge in [0.2, 0.25) is 10.0 Å². The van der Waals surface area contributed by atoms with Crippen molar-refractivity contribution in [2.24, 2.45) is 5.14 Å². The largest absolute Gasteiger partial charge is 0.373 e. The van der Waals surface area contributed by atoms with Crippen molar-refractivity contribution in [1.29, 1.82) is 5.26 Å². The SMILES string of the molecule is CC1Cc2sc(NC(O)Cc3ccc(S(N)(=O)=O)cc3)c(C#N)c2CN1Cc1cc(F)cc(F)c1. The zero-order chi connectivity index (χ0) is 25.3. The molecule has 0 spiro atoms. The van der Waals surface area contributed by atoms with Gasteiger partial charge in [-0.25, -0.2) is 22.3 Å². The minimum Gasteiger partial charge on any atom is -0.373 e. The van der Waals surface area contributed by atoms with Gasteiger partial charge in [-0.05, 0) is 48.7 Å². The third-order valence-corrected chi connectivity index (χ3v) is 8.07. The Labute approximate surface area is 206 Å². The van der Waals surface area contributed by atoms with Gasteiger partial charge >= 0.3 is 0 Å². The first-order chi connectivity index (χ1) is 16.5. The number of rotatable bonds is 7. The molecular weight excluding hydrogens is 494 g/mol. The monoisotopic (exact) mass is 518 g/mol. The Hall–Kier alpha value is -2.88. The highest BCUT2D eigenvalue weighted by atomic mass is 32.2. The number of nitrogens with zero attached hydrogens (tertiary/aromatic N) is 2. The second kappa shape index (κ2) is 10.0. The van der Waals surface area contributed by atoms with E-state index in [1.165, 1.54) is 35.6 Å². The Morgan fingerprint density at radius 3 is 2.49 bits per heavy atom. The quantitative estimate of drug-likeness (QED) is 0.412. The van der Waals surface area contributed by atoms with E-state index in [0.717, 1.165) is 16.5 Å². The molecule has 4 rings (SSSR count). The number of thiophene rings is 1. The molecule has 11 heteroatoms. The zero-order valence-electron chi connectivity index (χ0n) is 18.8. The second-order valence-electron chi connectivity index (χ2n) is 8.61. The van der Waals surface area contributed by atoms with Crippen LogP contribution in [0, 0.1) is 23.0 Å². The fraction of sp³-hybridized carbons (Fsp3) is 0.292. The maximum Gasteiger partial charge on any atom is 0.238 e. The third-order valence-electron chi connectivity index (χ3n) is 5.95. The maximum absolute atomic E-state index is 13.6. The molecule has 4 N–H and O–H groups in total. The summed E-state index contributed by atoms with van der Waals surface area (Å²) in [5, 5.41) is 29.1. The molecule has 2 unspecified atom stereocenters. The Kier molecular flexibility index (Phi) is 7.21. The topological polar surface area (TPSA) is 119 Å². The molecule has 184 valence electrons. The van der Waals surface area contributed by atoms with Crippen LogP contribution in [0.25, 0.3) is 0 Å². The fourth-order valence-electron chi connectivity index (χ4n) is 4.21. The third kappa shape index (κ3) is 5.86. The minimum atomic E-state index is -3.79. The molecule has 0 fully saturated rings. The first-order valence-electron chi connectivity index (χ1n) is 10.8. The van der Waals surface area contributed by atoms with Crippen molar-refractivity contribution in [3.63, 3.8) is 0 Å². The van der Waals surface area contributed by atoms with Crippen LogP contribution in [-0.2, 0) is 36.0 Å². The number of hydrogen-bond donors (Lipinski definition) is 3. The molecule has 35 heavy (non-hydrogen) atoms. The molecular formula is C24H24F2N4O3S2. The van der Waals surface area contributed by atoms with Crippen molar-refractivity contribution >= 4 is 26.4 Å². The number of primary sulfonamides is 1. The Morgan fingerprint density at radius 2 is 1.89 bits per heavy atom. The summed E-state index contributed by atoms with van der Waals surface area (Å²) >= 11 is 1.41. The fourth-order valence-corrected chi connectivity index (χ4v) is 6.05. The molecule has 2 heterocycles. The molecule has 0 bridgehead atoms. The lowest BCUT2D eigenvalue weighted by atomic mass is 9.99. The van der Waals surface area contributed by atoms with Gasteiger partial charge in [-0.15, -0.1) is 11.3 Å². The van der Waals surface area contributed by atoms with E-state index in [0.29, 0.717) is 41.2 Å². The highest BCUT2D eigenvalue weighted by molar-refractivity contribution is 7.89. The number of nitriles is 1. The number of fused-ring (bicyclic) bond motifs is 1. The van der Waals surface area contributed by atoms with Crippen LogP contribution >= 0.6 is 11.3 Å². The predicted molar refractivity (Wildman–Crippen MR) is 129 cm³/mol. The highest BCUT2D eigenvalue weighted by Crippen LogP contribution is 2.39. The number of aliphatic hydroxyl groups is 1. The van der Waals surface area contributed by atoms with Crippen LogP contribution in [0.15, 0.2) is 47.4 Å². The van der Waals surface area contributed by atoms with Crippen LogP contribution in [0.1, 0.15) is 34.1 Å². The summed E-state index contributed by atoms with van der Waals surface area (Å²) in [7, 11) is -3.79. The smallest absolute Gasteiger partial charge is 0.238 e. The molecule has 3 aromatic rings. The average molecular weight is 519 g/mol. The minimum absolute atomic E-state index is 0.0129. The number of hydrogen-bond acceptors (Lipinski definition) is 7. The lowest BCUT2D eigenvalue weighted by molar-refractivity contribution is 0.176. The van der Waals surface area contributed by atoms with E-state index < -0.39 is 27.9 Å². The average Bonchev–Trinajstić information content (AvgIpc) is 3.08. The van der Waals surface area contributed by atoms with E-state index in [4.69, 9.17) is 5.14 Å². The van der Waals surface area contributed by atoms with Crippen LogP contribution in [0.5, 0.6) is 0 Å². The van der Waals surface area contributed by atoms with Crippen LogP contribution < -0.4 is 10.5 Å². The normalized spacial score (nSPS) is 17.0. The maximum atomic E-state index is 13.6. The molecule has 0 saturated carbocycles. The number of sulfonamides is 1. The zero-order valence-corrected chi connectivity index (χ0v) is 20.5. The molecule has 7 nitrogen and oxygen atoms in total. The molecule has 0 amide bonds. The first kappa shape index (κ1) is 25.2. The summed E-state index contributed by atoms with van der Waals surface area (Å²) < 4.78 is 50.1. The molecule has 2 atom stereocenters.